The van der Waals surface area contributed by atoms with Gasteiger partial charge in [-0.15, -0.1) is 0 Å². The molecule has 7 heteroatoms. The molecule has 2 heterocycles. The molecule has 0 unspecified atom stereocenters. The van der Waals surface area contributed by atoms with E-state index in [1.807, 2.05) is 17.8 Å². The zero-order valence-electron chi connectivity index (χ0n) is 9.27. The number of aromatic nitrogens is 4. The van der Waals surface area contributed by atoms with E-state index in [1.54, 1.807) is 6.20 Å². The van der Waals surface area contributed by atoms with Gasteiger partial charge in [0, 0.05) is 12.7 Å². The maximum absolute atomic E-state index is 11.2. The molecule has 2 aromatic heterocycles. The zero-order chi connectivity index (χ0) is 12.3. The van der Waals surface area contributed by atoms with Gasteiger partial charge in [0.15, 0.2) is 0 Å². The van der Waals surface area contributed by atoms with Crippen LogP contribution in [0.4, 0.5) is 5.69 Å². The van der Waals surface area contributed by atoms with Gasteiger partial charge >= 0.3 is 0 Å². The van der Waals surface area contributed by atoms with E-state index < -0.39 is 5.56 Å². The van der Waals surface area contributed by atoms with Crippen LogP contribution in [0.15, 0.2) is 23.4 Å². The second-order valence-electron chi connectivity index (χ2n) is 3.63. The topological polar surface area (TPSA) is 75.6 Å². The van der Waals surface area contributed by atoms with Crippen molar-refractivity contribution in [3.05, 3.63) is 39.5 Å². The first-order chi connectivity index (χ1) is 8.16. The van der Waals surface area contributed by atoms with E-state index in [0.717, 1.165) is 5.56 Å². The molecule has 2 N–H and O–H groups in total. The van der Waals surface area contributed by atoms with Gasteiger partial charge in [-0.1, -0.05) is 11.6 Å². The minimum atomic E-state index is -0.397. The highest BCUT2D eigenvalue weighted by atomic mass is 35.5. The summed E-state index contributed by atoms with van der Waals surface area (Å²) in [5.41, 5.74) is 1.24. The predicted molar refractivity (Wildman–Crippen MR) is 65.3 cm³/mol. The van der Waals surface area contributed by atoms with Gasteiger partial charge in [0.2, 0.25) is 0 Å². The number of aryl methyl sites for hydroxylation is 1. The van der Waals surface area contributed by atoms with E-state index >= 15 is 0 Å². The number of rotatable bonds is 4. The molecular weight excluding hydrogens is 242 g/mol. The van der Waals surface area contributed by atoms with Gasteiger partial charge in [0.05, 0.1) is 24.6 Å². The fourth-order valence-corrected chi connectivity index (χ4v) is 1.56. The number of aromatic amines is 1. The van der Waals surface area contributed by atoms with Gasteiger partial charge in [0.25, 0.3) is 5.56 Å². The number of hydrogen-bond acceptors (Lipinski definition) is 4. The molecule has 0 aliphatic rings. The van der Waals surface area contributed by atoms with Crippen molar-refractivity contribution in [2.24, 2.45) is 0 Å². The largest absolute Gasteiger partial charge is 0.381 e. The van der Waals surface area contributed by atoms with Gasteiger partial charge in [-0.05, 0) is 12.5 Å². The molecule has 0 aliphatic carbocycles. The van der Waals surface area contributed by atoms with Crippen LogP contribution in [0.25, 0.3) is 0 Å². The van der Waals surface area contributed by atoms with Crippen molar-refractivity contribution in [1.29, 1.82) is 0 Å². The van der Waals surface area contributed by atoms with E-state index in [-0.39, 0.29) is 5.02 Å². The summed E-state index contributed by atoms with van der Waals surface area (Å²) in [4.78, 5) is 11.2. The summed E-state index contributed by atoms with van der Waals surface area (Å²) in [5.74, 6) is 0. The van der Waals surface area contributed by atoms with Gasteiger partial charge in [0.1, 0.15) is 5.02 Å². The Morgan fingerprint density at radius 3 is 3.06 bits per heavy atom. The van der Waals surface area contributed by atoms with Crippen molar-refractivity contribution in [3.8, 4) is 0 Å². The van der Waals surface area contributed by atoms with Gasteiger partial charge in [-0.2, -0.15) is 10.2 Å². The first-order valence-electron chi connectivity index (χ1n) is 5.13. The second-order valence-corrected chi connectivity index (χ2v) is 4.01. The molecule has 0 saturated heterocycles. The minimum absolute atomic E-state index is 0.122. The highest BCUT2D eigenvalue weighted by Gasteiger charge is 2.03. The summed E-state index contributed by atoms with van der Waals surface area (Å²) in [6.45, 7) is 3.29. The molecule has 0 saturated carbocycles. The number of halogens is 1. The van der Waals surface area contributed by atoms with Crippen molar-refractivity contribution in [1.82, 2.24) is 20.0 Å². The van der Waals surface area contributed by atoms with Crippen LogP contribution < -0.4 is 10.9 Å². The van der Waals surface area contributed by atoms with Crippen LogP contribution in [0.5, 0.6) is 0 Å². The van der Waals surface area contributed by atoms with Crippen molar-refractivity contribution in [2.45, 2.75) is 13.5 Å². The normalized spacial score (nSPS) is 10.5. The predicted octanol–water partition coefficient (Wildman–Crippen LogP) is 1.04. The van der Waals surface area contributed by atoms with Gasteiger partial charge in [-0.25, -0.2) is 5.10 Å². The second kappa shape index (κ2) is 5.01. The van der Waals surface area contributed by atoms with Crippen molar-refractivity contribution < 1.29 is 0 Å². The van der Waals surface area contributed by atoms with Crippen LogP contribution in [0.3, 0.4) is 0 Å². The molecule has 2 aromatic rings. The van der Waals surface area contributed by atoms with E-state index in [1.165, 1.54) is 6.20 Å². The summed E-state index contributed by atoms with van der Waals surface area (Å²) in [7, 11) is 0. The lowest BCUT2D eigenvalue weighted by Crippen LogP contribution is -2.15. The quantitative estimate of drug-likeness (QED) is 0.854. The Morgan fingerprint density at radius 1 is 1.53 bits per heavy atom. The van der Waals surface area contributed by atoms with Gasteiger partial charge < -0.3 is 5.32 Å². The van der Waals surface area contributed by atoms with Crippen molar-refractivity contribution in [3.63, 3.8) is 0 Å². The van der Waals surface area contributed by atoms with E-state index in [0.29, 0.717) is 18.8 Å². The van der Waals surface area contributed by atoms with Crippen LogP contribution >= 0.6 is 11.6 Å². The van der Waals surface area contributed by atoms with Crippen molar-refractivity contribution in [2.75, 3.05) is 11.9 Å². The van der Waals surface area contributed by atoms with E-state index in [2.05, 4.69) is 20.6 Å². The summed E-state index contributed by atoms with van der Waals surface area (Å²) >= 11 is 5.81. The lowest BCUT2D eigenvalue weighted by molar-refractivity contribution is 0.637. The Kier molecular flexibility index (Phi) is 3.43. The third kappa shape index (κ3) is 2.85. The highest BCUT2D eigenvalue weighted by Crippen LogP contribution is 2.13. The fourth-order valence-electron chi connectivity index (χ4n) is 1.40. The summed E-state index contributed by atoms with van der Waals surface area (Å²) in [5, 5.41) is 13.2. The number of nitrogens with one attached hydrogen (secondary N) is 2. The molecule has 0 aromatic carbocycles. The number of hydrogen-bond donors (Lipinski definition) is 2. The lowest BCUT2D eigenvalue weighted by atomic mass is 10.4. The molecule has 0 fully saturated rings. The van der Waals surface area contributed by atoms with Crippen LogP contribution in [-0.2, 0) is 6.54 Å². The number of anilines is 1. The SMILES string of the molecule is Cc1cnn(CCNc2cn[nH]c(=O)c2Cl)c1. The smallest absolute Gasteiger partial charge is 0.285 e. The average Bonchev–Trinajstić information content (AvgIpc) is 2.70. The van der Waals surface area contributed by atoms with Crippen LogP contribution in [0.1, 0.15) is 5.56 Å². The molecule has 2 rings (SSSR count). The Morgan fingerprint density at radius 2 is 2.35 bits per heavy atom. The van der Waals surface area contributed by atoms with Crippen LogP contribution in [-0.4, -0.2) is 26.5 Å². The number of nitrogens with zero attached hydrogens (tertiary/aromatic N) is 3. The van der Waals surface area contributed by atoms with E-state index in [4.69, 9.17) is 11.6 Å². The summed E-state index contributed by atoms with van der Waals surface area (Å²) in [6.07, 6.45) is 5.22. The Labute approximate surface area is 103 Å². The van der Waals surface area contributed by atoms with Gasteiger partial charge in [-0.3, -0.25) is 9.48 Å². The Hall–Kier alpha value is -1.82. The monoisotopic (exact) mass is 253 g/mol. The molecule has 0 atom stereocenters. The molecule has 0 spiro atoms. The Balaban J connectivity index is 1.94. The highest BCUT2D eigenvalue weighted by molar-refractivity contribution is 6.32. The molecule has 0 radical (unpaired) electrons. The van der Waals surface area contributed by atoms with Crippen LogP contribution in [0.2, 0.25) is 5.02 Å². The third-order valence-corrected chi connectivity index (χ3v) is 2.59. The van der Waals surface area contributed by atoms with Crippen LogP contribution in [0, 0.1) is 6.92 Å². The molecule has 0 bridgehead atoms. The fraction of sp³-hybridized carbons (Fsp3) is 0.300. The maximum Gasteiger partial charge on any atom is 0.285 e. The third-order valence-electron chi connectivity index (χ3n) is 2.21. The standard InChI is InChI=1S/C10H12ClN5O/c1-7-4-14-16(6-7)3-2-12-8-5-13-15-10(17)9(8)11/h4-6H,2-3H2,1H3,(H2,12,15,17). The average molecular weight is 254 g/mol. The molecule has 0 amide bonds. The summed E-state index contributed by atoms with van der Waals surface area (Å²) < 4.78 is 1.82. The van der Waals surface area contributed by atoms with Crippen molar-refractivity contribution >= 4 is 17.3 Å². The summed E-state index contributed by atoms with van der Waals surface area (Å²) in [6, 6.07) is 0. The number of H-pyrrole nitrogens is 1. The molecule has 17 heavy (non-hydrogen) atoms. The molecule has 6 nitrogen and oxygen atoms in total. The molecule has 0 aliphatic heterocycles. The first-order valence-corrected chi connectivity index (χ1v) is 5.51. The zero-order valence-corrected chi connectivity index (χ0v) is 10.0. The Bertz CT molecular complexity index is 562. The van der Waals surface area contributed by atoms with E-state index in [9.17, 15) is 4.79 Å². The molecule has 90 valence electrons. The lowest BCUT2D eigenvalue weighted by Gasteiger charge is -2.06. The first kappa shape index (κ1) is 11.7. The molecular formula is C10H12ClN5O. The maximum atomic E-state index is 11.2. The minimum Gasteiger partial charge on any atom is -0.381 e.